The molecule has 0 atom stereocenters. The van der Waals surface area contributed by atoms with Gasteiger partial charge < -0.3 is 5.32 Å². The lowest BCUT2D eigenvalue weighted by Gasteiger charge is -2.25. The molecule has 1 heterocycles. The van der Waals surface area contributed by atoms with Gasteiger partial charge in [-0.25, -0.2) is 8.42 Å². The number of pyridine rings is 1. The molecule has 0 aliphatic heterocycles. The molecule has 1 aromatic carbocycles. The van der Waals surface area contributed by atoms with Crippen LogP contribution in [-0.4, -0.2) is 25.7 Å². The molecule has 0 saturated heterocycles. The van der Waals surface area contributed by atoms with Gasteiger partial charge in [-0.15, -0.1) is 0 Å². The zero-order valence-corrected chi connectivity index (χ0v) is 13.9. The molecule has 1 aliphatic rings. The number of aryl methyl sites for hydroxylation is 1. The number of hydrogen-bond donors (Lipinski definition) is 1. The van der Waals surface area contributed by atoms with E-state index in [-0.39, 0.29) is 0 Å². The Morgan fingerprint density at radius 1 is 1.18 bits per heavy atom. The maximum absolute atomic E-state index is 12.1. The zero-order valence-electron chi connectivity index (χ0n) is 13.1. The highest BCUT2D eigenvalue weighted by atomic mass is 32.2. The van der Waals surface area contributed by atoms with Crippen LogP contribution in [0.4, 0.5) is 5.69 Å². The fourth-order valence-electron chi connectivity index (χ4n) is 3.17. The second kappa shape index (κ2) is 5.88. The molecule has 22 heavy (non-hydrogen) atoms. The standard InChI is InChI=1S/C17H22N2O2S/c1-12-8-9-15-14(10-12)17(16(11-18-15)22(2,20)21)19-13-6-4-3-5-7-13/h8-11,13H,3-7H2,1-2H3,(H,18,19). The summed E-state index contributed by atoms with van der Waals surface area (Å²) in [5.74, 6) is 0. The summed E-state index contributed by atoms with van der Waals surface area (Å²) in [5.41, 5.74) is 2.66. The quantitative estimate of drug-likeness (QED) is 0.937. The van der Waals surface area contributed by atoms with Gasteiger partial charge in [0, 0.05) is 23.9 Å². The van der Waals surface area contributed by atoms with E-state index in [1.54, 1.807) is 0 Å². The molecule has 1 aliphatic carbocycles. The van der Waals surface area contributed by atoms with E-state index in [4.69, 9.17) is 0 Å². The minimum absolute atomic E-state index is 0.302. The maximum atomic E-state index is 12.1. The summed E-state index contributed by atoms with van der Waals surface area (Å²) in [6.07, 6.45) is 8.60. The van der Waals surface area contributed by atoms with Gasteiger partial charge in [0.1, 0.15) is 4.90 Å². The van der Waals surface area contributed by atoms with Crippen LogP contribution < -0.4 is 5.32 Å². The fraction of sp³-hybridized carbons (Fsp3) is 0.471. The molecule has 0 spiro atoms. The Bertz CT molecular complexity index is 794. The summed E-state index contributed by atoms with van der Waals surface area (Å²) >= 11 is 0. The number of rotatable bonds is 3. The molecule has 5 heteroatoms. The Balaban J connectivity index is 2.15. The molecule has 0 radical (unpaired) electrons. The van der Waals surface area contributed by atoms with Crippen molar-refractivity contribution in [3.05, 3.63) is 30.0 Å². The van der Waals surface area contributed by atoms with Crippen molar-refractivity contribution in [1.29, 1.82) is 0 Å². The van der Waals surface area contributed by atoms with E-state index in [1.807, 2.05) is 25.1 Å². The molecule has 0 bridgehead atoms. The Kier molecular flexibility index (Phi) is 4.08. The minimum atomic E-state index is -3.31. The minimum Gasteiger partial charge on any atom is -0.381 e. The van der Waals surface area contributed by atoms with Crippen molar-refractivity contribution < 1.29 is 8.42 Å². The van der Waals surface area contributed by atoms with Crippen LogP contribution in [0.15, 0.2) is 29.3 Å². The van der Waals surface area contributed by atoms with Gasteiger partial charge in [-0.05, 0) is 31.9 Å². The molecule has 3 rings (SSSR count). The van der Waals surface area contributed by atoms with E-state index in [1.165, 1.54) is 31.7 Å². The van der Waals surface area contributed by atoms with E-state index in [9.17, 15) is 8.42 Å². The third-order valence-electron chi connectivity index (χ3n) is 4.34. The van der Waals surface area contributed by atoms with Gasteiger partial charge >= 0.3 is 0 Å². The number of aromatic nitrogens is 1. The smallest absolute Gasteiger partial charge is 0.179 e. The van der Waals surface area contributed by atoms with Crippen molar-refractivity contribution in [1.82, 2.24) is 4.98 Å². The summed E-state index contributed by atoms with van der Waals surface area (Å²) in [4.78, 5) is 4.63. The number of benzene rings is 1. The lowest BCUT2D eigenvalue weighted by Crippen LogP contribution is -2.23. The van der Waals surface area contributed by atoms with Gasteiger partial charge in [-0.1, -0.05) is 30.9 Å². The summed E-state index contributed by atoms with van der Waals surface area (Å²) < 4.78 is 24.3. The number of nitrogens with one attached hydrogen (secondary N) is 1. The molecule has 1 fully saturated rings. The molecular weight excluding hydrogens is 296 g/mol. The molecule has 4 nitrogen and oxygen atoms in total. The highest BCUT2D eigenvalue weighted by Gasteiger charge is 2.21. The van der Waals surface area contributed by atoms with Crippen molar-refractivity contribution >= 4 is 26.4 Å². The largest absolute Gasteiger partial charge is 0.381 e. The van der Waals surface area contributed by atoms with Crippen molar-refractivity contribution in [2.24, 2.45) is 0 Å². The van der Waals surface area contributed by atoms with Crippen molar-refractivity contribution in [2.75, 3.05) is 11.6 Å². The van der Waals surface area contributed by atoms with E-state index in [0.717, 1.165) is 35.0 Å². The third kappa shape index (κ3) is 3.09. The first kappa shape index (κ1) is 15.3. The predicted octanol–water partition coefficient (Wildman–Crippen LogP) is 3.69. The number of fused-ring (bicyclic) bond motifs is 1. The lowest BCUT2D eigenvalue weighted by molar-refractivity contribution is 0.462. The van der Waals surface area contributed by atoms with Crippen molar-refractivity contribution in [3.63, 3.8) is 0 Å². The monoisotopic (exact) mass is 318 g/mol. The normalized spacial score (nSPS) is 16.8. The average Bonchev–Trinajstić information content (AvgIpc) is 2.47. The maximum Gasteiger partial charge on any atom is 0.179 e. The molecule has 1 N–H and O–H groups in total. The van der Waals surface area contributed by atoms with Crippen LogP contribution in [-0.2, 0) is 9.84 Å². The molecular formula is C17H22N2O2S. The molecule has 118 valence electrons. The van der Waals surface area contributed by atoms with Gasteiger partial charge in [0.05, 0.1) is 11.2 Å². The number of anilines is 1. The Morgan fingerprint density at radius 3 is 2.59 bits per heavy atom. The molecule has 0 amide bonds. The van der Waals surface area contributed by atoms with E-state index in [2.05, 4.69) is 10.3 Å². The van der Waals surface area contributed by atoms with Crippen LogP contribution in [0.5, 0.6) is 0 Å². The van der Waals surface area contributed by atoms with Gasteiger partial charge in [-0.3, -0.25) is 4.98 Å². The first-order valence-electron chi connectivity index (χ1n) is 7.81. The van der Waals surface area contributed by atoms with Crippen LogP contribution in [0.1, 0.15) is 37.7 Å². The van der Waals surface area contributed by atoms with Gasteiger partial charge in [0.2, 0.25) is 0 Å². The van der Waals surface area contributed by atoms with Crippen LogP contribution in [0, 0.1) is 6.92 Å². The van der Waals surface area contributed by atoms with E-state index in [0.29, 0.717) is 10.9 Å². The van der Waals surface area contributed by atoms with Crippen LogP contribution >= 0.6 is 0 Å². The Labute approximate surface area is 131 Å². The second-order valence-corrected chi connectivity index (χ2v) is 8.25. The summed E-state index contributed by atoms with van der Waals surface area (Å²) in [6.45, 7) is 2.01. The Morgan fingerprint density at radius 2 is 1.91 bits per heavy atom. The lowest BCUT2D eigenvalue weighted by atomic mass is 9.95. The highest BCUT2D eigenvalue weighted by Crippen LogP contribution is 2.32. The predicted molar refractivity (Wildman–Crippen MR) is 90.1 cm³/mol. The molecule has 1 aromatic heterocycles. The fourth-order valence-corrected chi connectivity index (χ4v) is 3.95. The van der Waals surface area contributed by atoms with Crippen molar-refractivity contribution in [2.45, 2.75) is 50.0 Å². The second-order valence-electron chi connectivity index (χ2n) is 6.27. The topological polar surface area (TPSA) is 59.1 Å². The van der Waals surface area contributed by atoms with Gasteiger partial charge in [-0.2, -0.15) is 0 Å². The number of nitrogens with zero attached hydrogens (tertiary/aromatic N) is 1. The number of sulfone groups is 1. The molecule has 0 unspecified atom stereocenters. The van der Waals surface area contributed by atoms with E-state index < -0.39 is 9.84 Å². The average molecular weight is 318 g/mol. The molecule has 1 saturated carbocycles. The van der Waals surface area contributed by atoms with Crippen LogP contribution in [0.3, 0.4) is 0 Å². The highest BCUT2D eigenvalue weighted by molar-refractivity contribution is 7.90. The molecule has 2 aromatic rings. The van der Waals surface area contributed by atoms with E-state index >= 15 is 0 Å². The van der Waals surface area contributed by atoms with Crippen LogP contribution in [0.25, 0.3) is 10.9 Å². The summed E-state index contributed by atoms with van der Waals surface area (Å²) in [7, 11) is -3.31. The third-order valence-corrected chi connectivity index (χ3v) is 5.45. The Hall–Kier alpha value is -1.62. The van der Waals surface area contributed by atoms with Gasteiger partial charge in [0.15, 0.2) is 9.84 Å². The first-order valence-corrected chi connectivity index (χ1v) is 9.70. The summed E-state index contributed by atoms with van der Waals surface area (Å²) in [6, 6.07) is 6.31. The first-order chi connectivity index (χ1) is 10.4. The van der Waals surface area contributed by atoms with Gasteiger partial charge in [0.25, 0.3) is 0 Å². The van der Waals surface area contributed by atoms with Crippen LogP contribution in [0.2, 0.25) is 0 Å². The number of hydrogen-bond acceptors (Lipinski definition) is 4. The summed E-state index contributed by atoms with van der Waals surface area (Å²) in [5, 5.41) is 4.40. The van der Waals surface area contributed by atoms with Crippen molar-refractivity contribution in [3.8, 4) is 0 Å². The SMILES string of the molecule is Cc1ccc2ncc(S(C)(=O)=O)c(NC3CCCCC3)c2c1. The zero-order chi connectivity index (χ0) is 15.7.